The largest absolute Gasteiger partial charge is 0.463 e. The molecule has 0 amide bonds. The Bertz CT molecular complexity index is 464. The van der Waals surface area contributed by atoms with Crippen LogP contribution in [0.4, 0.5) is 17.6 Å². The molecule has 0 saturated heterocycles. The van der Waals surface area contributed by atoms with Crippen molar-refractivity contribution in [1.29, 1.82) is 0 Å². The van der Waals surface area contributed by atoms with Crippen LogP contribution in [0.3, 0.4) is 0 Å². The van der Waals surface area contributed by atoms with Crippen LogP contribution in [0.5, 0.6) is 0 Å². The van der Waals surface area contributed by atoms with E-state index in [1.165, 1.54) is 0 Å². The summed E-state index contributed by atoms with van der Waals surface area (Å²) in [6, 6.07) is 2.08. The van der Waals surface area contributed by atoms with Gasteiger partial charge >= 0.3 is 12.1 Å². The Morgan fingerprint density at radius 2 is 2.06 bits per heavy atom. The minimum absolute atomic E-state index is 0.115. The quantitative estimate of drug-likeness (QED) is 0.474. The van der Waals surface area contributed by atoms with E-state index in [4.69, 9.17) is 0 Å². The van der Waals surface area contributed by atoms with Gasteiger partial charge in [0, 0.05) is 11.6 Å². The standard InChI is InChI=1S/C12H10F4O2/c1-2-18-11(17)6-4-8-3-5-9(7-10(8)13)12(14,15)16/h3-7H,2H2,1H3. The molecule has 0 fully saturated rings. The summed E-state index contributed by atoms with van der Waals surface area (Å²) in [7, 11) is 0. The van der Waals surface area contributed by atoms with E-state index >= 15 is 0 Å². The zero-order chi connectivity index (χ0) is 13.8. The number of benzene rings is 1. The monoisotopic (exact) mass is 262 g/mol. The van der Waals surface area contributed by atoms with Gasteiger partial charge in [0.2, 0.25) is 0 Å². The van der Waals surface area contributed by atoms with Crippen molar-refractivity contribution in [3.05, 3.63) is 41.2 Å². The smallest absolute Gasteiger partial charge is 0.416 e. The molecular formula is C12H10F4O2. The molecular weight excluding hydrogens is 252 g/mol. The van der Waals surface area contributed by atoms with Crippen molar-refractivity contribution >= 4 is 12.0 Å². The molecule has 0 heterocycles. The number of hydrogen-bond acceptors (Lipinski definition) is 2. The summed E-state index contributed by atoms with van der Waals surface area (Å²) in [6.45, 7) is 1.77. The van der Waals surface area contributed by atoms with Crippen LogP contribution in [-0.2, 0) is 15.7 Å². The van der Waals surface area contributed by atoms with Crippen molar-refractivity contribution in [3.63, 3.8) is 0 Å². The SMILES string of the molecule is CCOC(=O)C=Cc1ccc(C(F)(F)F)cc1F. The Balaban J connectivity index is 2.90. The van der Waals surface area contributed by atoms with E-state index in [1.54, 1.807) is 6.92 Å². The van der Waals surface area contributed by atoms with Gasteiger partial charge in [-0.25, -0.2) is 9.18 Å². The summed E-state index contributed by atoms with van der Waals surface area (Å²) in [5, 5.41) is 0. The van der Waals surface area contributed by atoms with Crippen LogP contribution in [-0.4, -0.2) is 12.6 Å². The van der Waals surface area contributed by atoms with Crippen LogP contribution >= 0.6 is 0 Å². The van der Waals surface area contributed by atoms with Gasteiger partial charge in [0.05, 0.1) is 12.2 Å². The second kappa shape index (κ2) is 5.66. The van der Waals surface area contributed by atoms with E-state index in [9.17, 15) is 22.4 Å². The first-order valence-electron chi connectivity index (χ1n) is 5.06. The van der Waals surface area contributed by atoms with Crippen molar-refractivity contribution in [3.8, 4) is 0 Å². The van der Waals surface area contributed by atoms with Crippen LogP contribution in [0.25, 0.3) is 6.08 Å². The van der Waals surface area contributed by atoms with Crippen LogP contribution < -0.4 is 0 Å². The number of halogens is 4. The highest BCUT2D eigenvalue weighted by Gasteiger charge is 2.30. The van der Waals surface area contributed by atoms with Gasteiger partial charge in [0.25, 0.3) is 0 Å². The van der Waals surface area contributed by atoms with E-state index in [2.05, 4.69) is 4.74 Å². The van der Waals surface area contributed by atoms with Gasteiger partial charge in [0.1, 0.15) is 5.82 Å². The van der Waals surface area contributed by atoms with Gasteiger partial charge < -0.3 is 4.74 Å². The van der Waals surface area contributed by atoms with E-state index in [-0.39, 0.29) is 12.2 Å². The molecule has 0 spiro atoms. The summed E-state index contributed by atoms with van der Waals surface area (Å²) in [5.41, 5.74) is -1.19. The van der Waals surface area contributed by atoms with E-state index in [0.717, 1.165) is 24.3 Å². The Morgan fingerprint density at radius 1 is 1.39 bits per heavy atom. The maximum absolute atomic E-state index is 13.3. The molecule has 0 aliphatic heterocycles. The summed E-state index contributed by atoms with van der Waals surface area (Å²) >= 11 is 0. The fourth-order valence-corrected chi connectivity index (χ4v) is 1.19. The Morgan fingerprint density at radius 3 is 2.56 bits per heavy atom. The van der Waals surface area contributed by atoms with Crippen LogP contribution in [0, 0.1) is 5.82 Å². The molecule has 2 nitrogen and oxygen atoms in total. The Labute approximate surface area is 101 Å². The maximum Gasteiger partial charge on any atom is 0.416 e. The molecule has 0 saturated carbocycles. The first-order chi connectivity index (χ1) is 8.34. The molecule has 98 valence electrons. The predicted molar refractivity (Wildman–Crippen MR) is 57.1 cm³/mol. The molecule has 0 unspecified atom stereocenters. The lowest BCUT2D eigenvalue weighted by Gasteiger charge is -2.07. The van der Waals surface area contributed by atoms with Crippen molar-refractivity contribution in [2.24, 2.45) is 0 Å². The number of carbonyl (C=O) groups excluding carboxylic acids is 1. The van der Waals surface area contributed by atoms with Crippen LogP contribution in [0.1, 0.15) is 18.1 Å². The van der Waals surface area contributed by atoms with E-state index < -0.39 is 23.5 Å². The minimum atomic E-state index is -4.59. The predicted octanol–water partition coefficient (Wildman–Crippen LogP) is 3.42. The van der Waals surface area contributed by atoms with Gasteiger partial charge in [-0.2, -0.15) is 13.2 Å². The topological polar surface area (TPSA) is 26.3 Å². The third-order valence-corrected chi connectivity index (χ3v) is 2.01. The number of hydrogen-bond donors (Lipinski definition) is 0. The summed E-state index contributed by atoms with van der Waals surface area (Å²) < 4.78 is 54.6. The number of esters is 1. The normalized spacial score (nSPS) is 11.8. The summed E-state index contributed by atoms with van der Waals surface area (Å²) in [5.74, 6) is -1.73. The molecule has 1 rings (SSSR count). The zero-order valence-corrected chi connectivity index (χ0v) is 9.42. The average Bonchev–Trinajstić information content (AvgIpc) is 2.26. The molecule has 0 atom stereocenters. The highest BCUT2D eigenvalue weighted by atomic mass is 19.4. The number of carbonyl (C=O) groups is 1. The molecule has 0 aliphatic carbocycles. The third kappa shape index (κ3) is 3.87. The fraction of sp³-hybridized carbons (Fsp3) is 0.250. The van der Waals surface area contributed by atoms with Crippen LogP contribution in [0.2, 0.25) is 0 Å². The molecule has 18 heavy (non-hydrogen) atoms. The fourth-order valence-electron chi connectivity index (χ4n) is 1.19. The van der Waals surface area contributed by atoms with Gasteiger partial charge in [0.15, 0.2) is 0 Å². The number of alkyl halides is 3. The van der Waals surface area contributed by atoms with Crippen molar-refractivity contribution < 1.29 is 27.1 Å². The number of rotatable bonds is 3. The molecule has 6 heteroatoms. The van der Waals surface area contributed by atoms with Crippen molar-refractivity contribution in [2.75, 3.05) is 6.61 Å². The van der Waals surface area contributed by atoms with Crippen molar-refractivity contribution in [2.45, 2.75) is 13.1 Å². The average molecular weight is 262 g/mol. The van der Waals surface area contributed by atoms with E-state index in [1.807, 2.05) is 0 Å². The first kappa shape index (κ1) is 14.2. The number of ether oxygens (including phenoxy) is 1. The van der Waals surface area contributed by atoms with Gasteiger partial charge in [-0.05, 0) is 25.1 Å². The molecule has 0 N–H and O–H groups in total. The van der Waals surface area contributed by atoms with Crippen molar-refractivity contribution in [1.82, 2.24) is 0 Å². The maximum atomic E-state index is 13.3. The highest BCUT2D eigenvalue weighted by molar-refractivity contribution is 5.87. The Kier molecular flexibility index (Phi) is 4.47. The Hall–Kier alpha value is -1.85. The lowest BCUT2D eigenvalue weighted by molar-refractivity contribution is -0.138. The molecule has 1 aromatic rings. The minimum Gasteiger partial charge on any atom is -0.463 e. The lowest BCUT2D eigenvalue weighted by Crippen LogP contribution is -2.05. The van der Waals surface area contributed by atoms with Gasteiger partial charge in [-0.1, -0.05) is 6.07 Å². The third-order valence-electron chi connectivity index (χ3n) is 2.01. The second-order valence-electron chi connectivity index (χ2n) is 3.32. The molecule has 0 bridgehead atoms. The van der Waals surface area contributed by atoms with Gasteiger partial charge in [-0.3, -0.25) is 0 Å². The van der Waals surface area contributed by atoms with E-state index in [0.29, 0.717) is 6.07 Å². The molecule has 0 radical (unpaired) electrons. The highest BCUT2D eigenvalue weighted by Crippen LogP contribution is 2.30. The molecule has 1 aromatic carbocycles. The summed E-state index contributed by atoms with van der Waals surface area (Å²) in [4.78, 5) is 10.9. The van der Waals surface area contributed by atoms with Gasteiger partial charge in [-0.15, -0.1) is 0 Å². The summed E-state index contributed by atoms with van der Waals surface area (Å²) in [6.07, 6.45) is -2.58. The zero-order valence-electron chi connectivity index (χ0n) is 9.42. The lowest BCUT2D eigenvalue weighted by atomic mass is 10.1. The second-order valence-corrected chi connectivity index (χ2v) is 3.32. The van der Waals surface area contributed by atoms with Crippen LogP contribution in [0.15, 0.2) is 24.3 Å². The molecule has 0 aliphatic rings. The molecule has 0 aromatic heterocycles. The first-order valence-corrected chi connectivity index (χ1v) is 5.06.